The van der Waals surface area contributed by atoms with Gasteiger partial charge in [0.2, 0.25) is 11.8 Å². The molecule has 0 aliphatic carbocycles. The summed E-state index contributed by atoms with van der Waals surface area (Å²) in [6.45, 7) is 8.45. The first kappa shape index (κ1) is 22.8. The average Bonchev–Trinajstić information content (AvgIpc) is 2.97. The molecule has 3 heterocycles. The number of fused-ring (bicyclic) bond motifs is 1. The Hall–Kier alpha value is -1.89. The predicted octanol–water partition coefficient (Wildman–Crippen LogP) is 2.34. The van der Waals surface area contributed by atoms with Crippen LogP contribution in [0.4, 0.5) is 0 Å². The molecular weight excluding hydrogens is 378 g/mol. The van der Waals surface area contributed by atoms with Crippen molar-refractivity contribution in [2.45, 2.75) is 77.7 Å². The summed E-state index contributed by atoms with van der Waals surface area (Å²) in [5, 5.41) is 7.56. The van der Waals surface area contributed by atoms with E-state index in [1.54, 1.807) is 0 Å². The van der Waals surface area contributed by atoms with Gasteiger partial charge in [-0.05, 0) is 64.5 Å². The van der Waals surface area contributed by atoms with E-state index in [1.165, 1.54) is 18.4 Å². The summed E-state index contributed by atoms with van der Waals surface area (Å²) in [4.78, 5) is 29.8. The Morgan fingerprint density at radius 3 is 2.57 bits per heavy atom. The van der Waals surface area contributed by atoms with E-state index in [0.717, 1.165) is 69.7 Å². The van der Waals surface area contributed by atoms with Crippen LogP contribution < -0.4 is 5.32 Å². The van der Waals surface area contributed by atoms with E-state index in [0.29, 0.717) is 25.4 Å². The van der Waals surface area contributed by atoms with Crippen molar-refractivity contribution < 1.29 is 9.59 Å². The van der Waals surface area contributed by atoms with Crippen LogP contribution in [0.5, 0.6) is 0 Å². The highest BCUT2D eigenvalue weighted by Gasteiger charge is 2.25. The fourth-order valence-corrected chi connectivity index (χ4v) is 4.92. The van der Waals surface area contributed by atoms with Crippen LogP contribution in [0.25, 0.3) is 0 Å². The van der Waals surface area contributed by atoms with Crippen molar-refractivity contribution in [2.24, 2.45) is 7.05 Å². The molecule has 0 saturated carbocycles. The Balaban J connectivity index is 1.59. The minimum absolute atomic E-state index is 0.182. The van der Waals surface area contributed by atoms with Gasteiger partial charge in [0.05, 0.1) is 5.69 Å². The molecule has 2 aliphatic heterocycles. The number of nitrogens with zero attached hydrogens (tertiary/aromatic N) is 4. The Kier molecular flexibility index (Phi) is 8.31. The second kappa shape index (κ2) is 10.9. The molecule has 7 heteroatoms. The van der Waals surface area contributed by atoms with E-state index < -0.39 is 0 Å². The van der Waals surface area contributed by atoms with E-state index >= 15 is 0 Å². The third-order valence-electron chi connectivity index (χ3n) is 6.82. The van der Waals surface area contributed by atoms with Crippen LogP contribution in [0.3, 0.4) is 0 Å². The molecule has 0 bridgehead atoms. The van der Waals surface area contributed by atoms with Crippen LogP contribution in [0.15, 0.2) is 0 Å². The molecule has 0 aromatic carbocycles. The number of hydrogen-bond acceptors (Lipinski definition) is 4. The van der Waals surface area contributed by atoms with Gasteiger partial charge in [-0.15, -0.1) is 0 Å². The number of carbonyl (C=O) groups is 2. The molecule has 1 N–H and O–H groups in total. The van der Waals surface area contributed by atoms with Crippen LogP contribution in [0, 0.1) is 13.8 Å². The lowest BCUT2D eigenvalue weighted by Gasteiger charge is -2.35. The molecule has 30 heavy (non-hydrogen) atoms. The molecule has 0 spiro atoms. The van der Waals surface area contributed by atoms with Gasteiger partial charge in [-0.2, -0.15) is 5.10 Å². The quantitative estimate of drug-likeness (QED) is 0.820. The molecule has 1 unspecified atom stereocenters. The fourth-order valence-electron chi connectivity index (χ4n) is 4.92. The van der Waals surface area contributed by atoms with Crippen LogP contribution in [-0.2, 0) is 23.1 Å². The molecule has 168 valence electrons. The number of aromatic nitrogens is 2. The van der Waals surface area contributed by atoms with Crippen molar-refractivity contribution in [1.29, 1.82) is 0 Å². The zero-order chi connectivity index (χ0) is 21.5. The topological polar surface area (TPSA) is 70.5 Å². The molecule has 2 amide bonds. The molecule has 7 nitrogen and oxygen atoms in total. The molecular formula is C23H39N5O2. The van der Waals surface area contributed by atoms with Gasteiger partial charge in [-0.1, -0.05) is 6.42 Å². The first-order valence-electron chi connectivity index (χ1n) is 11.7. The molecule has 1 atom stereocenters. The highest BCUT2D eigenvalue weighted by molar-refractivity contribution is 5.77. The van der Waals surface area contributed by atoms with Crippen LogP contribution in [-0.4, -0.2) is 70.2 Å². The summed E-state index contributed by atoms with van der Waals surface area (Å²) in [5.41, 5.74) is 3.38. The summed E-state index contributed by atoms with van der Waals surface area (Å²) >= 11 is 0. The van der Waals surface area contributed by atoms with E-state index in [9.17, 15) is 9.59 Å². The number of aryl methyl sites for hydroxylation is 2. The smallest absolute Gasteiger partial charge is 0.222 e. The predicted molar refractivity (Wildman–Crippen MR) is 118 cm³/mol. The van der Waals surface area contributed by atoms with Crippen molar-refractivity contribution in [2.75, 3.05) is 32.7 Å². The zero-order valence-corrected chi connectivity index (χ0v) is 19.1. The maximum atomic E-state index is 13.0. The van der Waals surface area contributed by atoms with Crippen LogP contribution >= 0.6 is 0 Å². The normalized spacial score (nSPS) is 22.4. The third kappa shape index (κ3) is 6.06. The van der Waals surface area contributed by atoms with Crippen molar-refractivity contribution in [3.63, 3.8) is 0 Å². The van der Waals surface area contributed by atoms with Gasteiger partial charge in [0, 0.05) is 57.8 Å². The molecule has 2 aliphatic rings. The molecule has 3 rings (SSSR count). The minimum Gasteiger partial charge on any atom is -0.356 e. The highest BCUT2D eigenvalue weighted by atomic mass is 16.2. The zero-order valence-electron chi connectivity index (χ0n) is 19.1. The molecule has 1 aromatic rings. The summed E-state index contributed by atoms with van der Waals surface area (Å²) in [6.07, 6.45) is 8.29. The van der Waals surface area contributed by atoms with E-state index in [4.69, 9.17) is 0 Å². The van der Waals surface area contributed by atoms with Crippen molar-refractivity contribution in [3.8, 4) is 0 Å². The number of hydrogen-bond donors (Lipinski definition) is 1. The number of piperidine rings is 1. The Morgan fingerprint density at radius 1 is 1.07 bits per heavy atom. The number of rotatable bonds is 3. The van der Waals surface area contributed by atoms with Gasteiger partial charge < -0.3 is 10.2 Å². The second-order valence-corrected chi connectivity index (χ2v) is 8.95. The Labute approximate surface area is 181 Å². The van der Waals surface area contributed by atoms with Crippen molar-refractivity contribution in [1.82, 2.24) is 24.9 Å². The summed E-state index contributed by atoms with van der Waals surface area (Å²) in [7, 11) is 1.96. The molecule has 1 aromatic heterocycles. The first-order chi connectivity index (χ1) is 14.5. The number of carbonyl (C=O) groups excluding carboxylic acids is 2. The van der Waals surface area contributed by atoms with Gasteiger partial charge in [-0.25, -0.2) is 0 Å². The van der Waals surface area contributed by atoms with E-state index in [1.807, 2.05) is 18.7 Å². The van der Waals surface area contributed by atoms with Crippen molar-refractivity contribution >= 4 is 11.8 Å². The Bertz CT molecular complexity index is 729. The summed E-state index contributed by atoms with van der Waals surface area (Å²) < 4.78 is 1.90. The van der Waals surface area contributed by atoms with Gasteiger partial charge in [0.1, 0.15) is 0 Å². The van der Waals surface area contributed by atoms with Gasteiger partial charge in [-0.3, -0.25) is 19.2 Å². The van der Waals surface area contributed by atoms with Crippen LogP contribution in [0.2, 0.25) is 0 Å². The summed E-state index contributed by atoms with van der Waals surface area (Å²) in [6, 6.07) is 0.361. The van der Waals surface area contributed by atoms with Gasteiger partial charge in [0.15, 0.2) is 0 Å². The first-order valence-corrected chi connectivity index (χ1v) is 11.7. The molecule has 2 fully saturated rings. The van der Waals surface area contributed by atoms with E-state index in [2.05, 4.69) is 27.1 Å². The number of amides is 2. The Morgan fingerprint density at radius 2 is 1.80 bits per heavy atom. The lowest BCUT2D eigenvalue weighted by Crippen LogP contribution is -2.44. The van der Waals surface area contributed by atoms with Gasteiger partial charge in [0.25, 0.3) is 0 Å². The number of nitrogens with one attached hydrogen (secondary N) is 1. The maximum absolute atomic E-state index is 13.0. The van der Waals surface area contributed by atoms with Crippen molar-refractivity contribution in [3.05, 3.63) is 17.0 Å². The SMILES string of the molecule is Cc1nn(C)c(C)c1CCC(=O)N1CCCCNC(=O)CC2CCCCN2CCC1. The van der Waals surface area contributed by atoms with Gasteiger partial charge >= 0.3 is 0 Å². The maximum Gasteiger partial charge on any atom is 0.222 e. The lowest BCUT2D eigenvalue weighted by atomic mass is 9.98. The average molecular weight is 418 g/mol. The monoisotopic (exact) mass is 417 g/mol. The fraction of sp³-hybridized carbons (Fsp3) is 0.783. The highest BCUT2D eigenvalue weighted by Crippen LogP contribution is 2.20. The standard InChI is InChI=1S/C23H39N5O2/c1-18-21(19(2)26(3)25-18)10-11-23(30)28-14-7-5-12-24-22(29)17-20-9-4-6-13-27(20)15-8-16-28/h20H,4-17H2,1-3H3,(H,24,29). The van der Waals surface area contributed by atoms with Crippen LogP contribution in [0.1, 0.15) is 68.3 Å². The summed E-state index contributed by atoms with van der Waals surface area (Å²) in [5.74, 6) is 0.424. The molecule has 0 radical (unpaired) electrons. The third-order valence-corrected chi connectivity index (χ3v) is 6.82. The lowest BCUT2D eigenvalue weighted by molar-refractivity contribution is -0.131. The molecule has 2 saturated heterocycles. The minimum atomic E-state index is 0.182. The van der Waals surface area contributed by atoms with E-state index in [-0.39, 0.29) is 11.8 Å². The second-order valence-electron chi connectivity index (χ2n) is 8.95. The largest absolute Gasteiger partial charge is 0.356 e.